The first-order valence-electron chi connectivity index (χ1n) is 10.1. The normalized spacial score (nSPS) is 15.7. The van der Waals surface area contributed by atoms with Gasteiger partial charge in [0.05, 0.1) is 18.5 Å². The first-order chi connectivity index (χ1) is 13.6. The van der Waals surface area contributed by atoms with Crippen molar-refractivity contribution in [1.82, 2.24) is 15.1 Å². The predicted octanol–water partition coefficient (Wildman–Crippen LogP) is 5.06. The van der Waals surface area contributed by atoms with Crippen LogP contribution in [0.25, 0.3) is 5.69 Å². The van der Waals surface area contributed by atoms with Gasteiger partial charge in [0, 0.05) is 17.8 Å². The maximum atomic E-state index is 5.33. The van der Waals surface area contributed by atoms with Crippen LogP contribution in [0.15, 0.2) is 54.6 Å². The third-order valence-corrected chi connectivity index (χ3v) is 5.90. The van der Waals surface area contributed by atoms with E-state index in [1.807, 2.05) is 11.6 Å². The molecule has 3 aromatic rings. The van der Waals surface area contributed by atoms with Crippen LogP contribution in [0.1, 0.15) is 48.2 Å². The number of aromatic nitrogens is 2. The standard InChI is InChI=1S/C24H29N3O/c1-18-15-19(2)27(26-18)22-8-6-7-20(16-22)17-25-24(13-4-5-14-24)21-9-11-23(28-3)12-10-21/h6-12,15-16,25H,4-5,13-14,17H2,1-3H3. The second-order valence-electron chi connectivity index (χ2n) is 7.88. The number of hydrogen-bond acceptors (Lipinski definition) is 3. The molecule has 1 heterocycles. The van der Waals surface area contributed by atoms with Crippen LogP contribution in [-0.4, -0.2) is 16.9 Å². The van der Waals surface area contributed by atoms with E-state index in [0.29, 0.717) is 0 Å². The summed E-state index contributed by atoms with van der Waals surface area (Å²) in [5.74, 6) is 0.912. The first-order valence-corrected chi connectivity index (χ1v) is 10.1. The summed E-state index contributed by atoms with van der Waals surface area (Å²) in [6, 6.07) is 19.4. The second-order valence-corrected chi connectivity index (χ2v) is 7.88. The predicted molar refractivity (Wildman–Crippen MR) is 113 cm³/mol. The molecule has 2 aromatic carbocycles. The number of rotatable bonds is 6. The fourth-order valence-electron chi connectivity index (χ4n) is 4.42. The van der Waals surface area contributed by atoms with Gasteiger partial charge < -0.3 is 10.1 Å². The molecule has 1 saturated carbocycles. The van der Waals surface area contributed by atoms with Crippen molar-refractivity contribution in [2.75, 3.05) is 7.11 Å². The number of methoxy groups -OCH3 is 1. The van der Waals surface area contributed by atoms with Crippen LogP contribution in [0, 0.1) is 13.8 Å². The maximum absolute atomic E-state index is 5.33. The van der Waals surface area contributed by atoms with Crippen LogP contribution in [0.3, 0.4) is 0 Å². The highest BCUT2D eigenvalue weighted by atomic mass is 16.5. The molecule has 1 N–H and O–H groups in total. The van der Waals surface area contributed by atoms with E-state index in [1.54, 1.807) is 7.11 Å². The van der Waals surface area contributed by atoms with Gasteiger partial charge >= 0.3 is 0 Å². The third-order valence-electron chi connectivity index (χ3n) is 5.90. The van der Waals surface area contributed by atoms with E-state index in [-0.39, 0.29) is 5.54 Å². The highest BCUT2D eigenvalue weighted by Gasteiger charge is 2.34. The van der Waals surface area contributed by atoms with E-state index >= 15 is 0 Å². The Morgan fingerprint density at radius 3 is 2.43 bits per heavy atom. The number of ether oxygens (including phenoxy) is 1. The van der Waals surface area contributed by atoms with Crippen LogP contribution in [0.4, 0.5) is 0 Å². The Morgan fingerprint density at radius 1 is 1.04 bits per heavy atom. The van der Waals surface area contributed by atoms with Crippen molar-refractivity contribution in [3.05, 3.63) is 77.1 Å². The van der Waals surface area contributed by atoms with Gasteiger partial charge in [-0.1, -0.05) is 37.1 Å². The maximum Gasteiger partial charge on any atom is 0.118 e. The molecule has 1 aliphatic carbocycles. The Bertz CT molecular complexity index is 937. The van der Waals surface area contributed by atoms with Gasteiger partial charge in [0.2, 0.25) is 0 Å². The minimum absolute atomic E-state index is 0.0560. The summed E-state index contributed by atoms with van der Waals surface area (Å²) < 4.78 is 7.35. The van der Waals surface area contributed by atoms with Gasteiger partial charge in [-0.2, -0.15) is 5.10 Å². The van der Waals surface area contributed by atoms with Crippen molar-refractivity contribution in [3.8, 4) is 11.4 Å². The summed E-state index contributed by atoms with van der Waals surface area (Å²) in [5, 5.41) is 8.51. The lowest BCUT2D eigenvalue weighted by atomic mass is 9.88. The molecular formula is C24H29N3O. The van der Waals surface area contributed by atoms with Crippen molar-refractivity contribution < 1.29 is 4.74 Å². The highest BCUT2D eigenvalue weighted by molar-refractivity contribution is 5.38. The Kier molecular flexibility index (Phi) is 5.23. The fourth-order valence-corrected chi connectivity index (χ4v) is 4.42. The van der Waals surface area contributed by atoms with E-state index in [2.05, 4.69) is 71.9 Å². The zero-order valence-electron chi connectivity index (χ0n) is 17.0. The average molecular weight is 376 g/mol. The lowest BCUT2D eigenvalue weighted by Crippen LogP contribution is -2.39. The molecule has 4 nitrogen and oxygen atoms in total. The lowest BCUT2D eigenvalue weighted by Gasteiger charge is -2.31. The fraction of sp³-hybridized carbons (Fsp3) is 0.375. The number of aryl methyl sites for hydroxylation is 2. The molecule has 0 radical (unpaired) electrons. The van der Waals surface area contributed by atoms with Crippen molar-refractivity contribution >= 4 is 0 Å². The van der Waals surface area contributed by atoms with Gasteiger partial charge in [0.15, 0.2) is 0 Å². The summed E-state index contributed by atoms with van der Waals surface area (Å²) in [6.45, 7) is 4.98. The van der Waals surface area contributed by atoms with Crippen molar-refractivity contribution in [2.24, 2.45) is 0 Å². The quantitative estimate of drug-likeness (QED) is 0.655. The van der Waals surface area contributed by atoms with Crippen molar-refractivity contribution in [3.63, 3.8) is 0 Å². The molecule has 4 heteroatoms. The summed E-state index contributed by atoms with van der Waals surface area (Å²) >= 11 is 0. The van der Waals surface area contributed by atoms with Gasteiger partial charge in [-0.05, 0) is 68.1 Å². The topological polar surface area (TPSA) is 39.1 Å². The molecule has 146 valence electrons. The molecule has 0 amide bonds. The second kappa shape index (κ2) is 7.80. The smallest absolute Gasteiger partial charge is 0.118 e. The molecule has 0 bridgehead atoms. The Labute approximate surface area is 167 Å². The van der Waals surface area contributed by atoms with Gasteiger partial charge in [-0.3, -0.25) is 0 Å². The minimum atomic E-state index is 0.0560. The van der Waals surface area contributed by atoms with Crippen LogP contribution in [0.5, 0.6) is 5.75 Å². The van der Waals surface area contributed by atoms with E-state index in [4.69, 9.17) is 4.74 Å². The van der Waals surface area contributed by atoms with Crippen LogP contribution < -0.4 is 10.1 Å². The molecule has 0 spiro atoms. The van der Waals surface area contributed by atoms with Gasteiger partial charge in [-0.25, -0.2) is 4.68 Å². The average Bonchev–Trinajstić information content (AvgIpc) is 3.33. The molecule has 0 saturated heterocycles. The van der Waals surface area contributed by atoms with E-state index in [1.165, 1.54) is 36.8 Å². The summed E-state index contributed by atoms with van der Waals surface area (Å²) in [4.78, 5) is 0. The molecule has 0 aliphatic heterocycles. The third kappa shape index (κ3) is 3.69. The van der Waals surface area contributed by atoms with Crippen LogP contribution in [0.2, 0.25) is 0 Å². The number of nitrogens with one attached hydrogen (secondary N) is 1. The molecule has 1 fully saturated rings. The molecule has 1 aliphatic rings. The largest absolute Gasteiger partial charge is 0.497 e. The molecular weight excluding hydrogens is 346 g/mol. The highest BCUT2D eigenvalue weighted by Crippen LogP contribution is 2.39. The summed E-state index contributed by atoms with van der Waals surface area (Å²) in [6.07, 6.45) is 4.89. The lowest BCUT2D eigenvalue weighted by molar-refractivity contribution is 0.338. The number of hydrogen-bond donors (Lipinski definition) is 1. The summed E-state index contributed by atoms with van der Waals surface area (Å²) in [5.41, 5.74) is 6.03. The molecule has 0 unspecified atom stereocenters. The van der Waals surface area contributed by atoms with Gasteiger partial charge in [0.1, 0.15) is 5.75 Å². The SMILES string of the molecule is COc1ccc(C2(NCc3cccc(-n4nc(C)cc4C)c3)CCCC2)cc1. The Hall–Kier alpha value is -2.59. The molecule has 0 atom stereocenters. The van der Waals surface area contributed by atoms with Gasteiger partial charge in [-0.15, -0.1) is 0 Å². The monoisotopic (exact) mass is 375 g/mol. The van der Waals surface area contributed by atoms with E-state index in [0.717, 1.165) is 29.4 Å². The Morgan fingerprint density at radius 2 is 1.79 bits per heavy atom. The van der Waals surface area contributed by atoms with E-state index in [9.17, 15) is 0 Å². The molecule has 4 rings (SSSR count). The van der Waals surface area contributed by atoms with Crippen molar-refractivity contribution in [2.45, 2.75) is 51.6 Å². The zero-order chi connectivity index (χ0) is 19.6. The molecule has 28 heavy (non-hydrogen) atoms. The number of nitrogens with zero attached hydrogens (tertiary/aromatic N) is 2. The van der Waals surface area contributed by atoms with Gasteiger partial charge in [0.25, 0.3) is 0 Å². The zero-order valence-corrected chi connectivity index (χ0v) is 17.0. The number of benzene rings is 2. The first kappa shape index (κ1) is 18.8. The van der Waals surface area contributed by atoms with Crippen molar-refractivity contribution in [1.29, 1.82) is 0 Å². The molecule has 1 aromatic heterocycles. The van der Waals surface area contributed by atoms with Crippen LogP contribution in [-0.2, 0) is 12.1 Å². The Balaban J connectivity index is 1.55. The van der Waals surface area contributed by atoms with E-state index < -0.39 is 0 Å². The minimum Gasteiger partial charge on any atom is -0.497 e. The summed E-state index contributed by atoms with van der Waals surface area (Å²) in [7, 11) is 1.72. The van der Waals surface area contributed by atoms with Crippen LogP contribution >= 0.6 is 0 Å².